The van der Waals surface area contributed by atoms with E-state index in [-0.39, 0.29) is 48.8 Å². The van der Waals surface area contributed by atoms with Gasteiger partial charge in [-0.3, -0.25) is 9.59 Å². The first-order valence-corrected chi connectivity index (χ1v) is 13.5. The topological polar surface area (TPSA) is 107 Å². The van der Waals surface area contributed by atoms with E-state index < -0.39 is 41.0 Å². The smallest absolute Gasteiger partial charge is 0.338 e. The van der Waals surface area contributed by atoms with Crippen LogP contribution in [0.2, 0.25) is 0 Å². The van der Waals surface area contributed by atoms with Gasteiger partial charge in [0.2, 0.25) is 6.79 Å². The van der Waals surface area contributed by atoms with Gasteiger partial charge in [-0.05, 0) is 55.2 Å². The summed E-state index contributed by atoms with van der Waals surface area (Å²) in [5.41, 5.74) is -1.10. The molecule has 3 saturated carbocycles. The van der Waals surface area contributed by atoms with Gasteiger partial charge in [-0.15, -0.1) is 0 Å². The van der Waals surface area contributed by atoms with Gasteiger partial charge in [-0.2, -0.15) is 0 Å². The number of rotatable bonds is 4. The van der Waals surface area contributed by atoms with Crippen LogP contribution in [0, 0.1) is 34.5 Å². The summed E-state index contributed by atoms with van der Waals surface area (Å²) in [7, 11) is 3.18. The highest BCUT2D eigenvalue weighted by molar-refractivity contribution is 5.92. The molecule has 0 radical (unpaired) electrons. The molecule has 1 aromatic carbocycles. The summed E-state index contributed by atoms with van der Waals surface area (Å²) in [6.45, 7) is 6.28. The van der Waals surface area contributed by atoms with Crippen LogP contribution in [0.5, 0.6) is 11.5 Å². The lowest BCUT2D eigenvalue weighted by atomic mass is 9.38. The summed E-state index contributed by atoms with van der Waals surface area (Å²) >= 11 is 0. The van der Waals surface area contributed by atoms with E-state index in [0.717, 1.165) is 6.42 Å². The molecule has 3 aliphatic carbocycles. The predicted octanol–water partition coefficient (Wildman–Crippen LogP) is 3.56. The highest BCUT2D eigenvalue weighted by Crippen LogP contribution is 2.68. The summed E-state index contributed by atoms with van der Waals surface area (Å²) in [5, 5.41) is 0. The van der Waals surface area contributed by atoms with Gasteiger partial charge in [0, 0.05) is 37.4 Å². The molecule has 0 N–H and O–H groups in total. The molecule has 0 bridgehead atoms. The van der Waals surface area contributed by atoms with Gasteiger partial charge in [-0.25, -0.2) is 4.79 Å². The van der Waals surface area contributed by atoms with Crippen molar-refractivity contribution < 1.29 is 42.8 Å². The minimum absolute atomic E-state index is 0.0325. The minimum atomic E-state index is -0.844. The van der Waals surface area contributed by atoms with Crippen LogP contribution in [0.1, 0.15) is 56.8 Å². The summed E-state index contributed by atoms with van der Waals surface area (Å²) < 4.78 is 34.9. The number of methoxy groups -OCH3 is 2. The van der Waals surface area contributed by atoms with E-state index in [0.29, 0.717) is 29.9 Å². The van der Waals surface area contributed by atoms with Crippen molar-refractivity contribution in [3.8, 4) is 11.5 Å². The van der Waals surface area contributed by atoms with Crippen molar-refractivity contribution in [1.82, 2.24) is 0 Å². The third-order valence-electron chi connectivity index (χ3n) is 10.6. The second-order valence-electron chi connectivity index (χ2n) is 12.0. The number of benzene rings is 1. The molecular weight excluding hydrogens is 492 g/mol. The Bertz CT molecular complexity index is 1160. The van der Waals surface area contributed by atoms with Crippen LogP contribution in [0.4, 0.5) is 0 Å². The molecular formula is C29H36O9. The highest BCUT2D eigenvalue weighted by atomic mass is 16.7. The van der Waals surface area contributed by atoms with Gasteiger partial charge in [0.05, 0.1) is 11.7 Å². The zero-order valence-electron chi connectivity index (χ0n) is 22.6. The molecule has 0 unspecified atom stereocenters. The molecule has 5 aliphatic rings. The monoisotopic (exact) mass is 528 g/mol. The maximum Gasteiger partial charge on any atom is 0.338 e. The number of esters is 2. The highest BCUT2D eigenvalue weighted by Gasteiger charge is 2.73. The van der Waals surface area contributed by atoms with Crippen molar-refractivity contribution in [3.63, 3.8) is 0 Å². The first kappa shape index (κ1) is 25.6. The van der Waals surface area contributed by atoms with Crippen molar-refractivity contribution in [2.75, 3.05) is 21.0 Å². The number of carbonyl (C=O) groups is 3. The van der Waals surface area contributed by atoms with E-state index in [1.165, 1.54) is 0 Å². The van der Waals surface area contributed by atoms with Gasteiger partial charge in [0.1, 0.15) is 18.3 Å². The Balaban J connectivity index is 1.46. The van der Waals surface area contributed by atoms with Crippen LogP contribution in [0.25, 0.3) is 0 Å². The fourth-order valence-corrected chi connectivity index (χ4v) is 8.80. The molecule has 2 aliphatic heterocycles. The van der Waals surface area contributed by atoms with E-state index in [1.54, 1.807) is 32.4 Å². The summed E-state index contributed by atoms with van der Waals surface area (Å²) in [4.78, 5) is 40.6. The predicted molar refractivity (Wildman–Crippen MR) is 133 cm³/mol. The molecule has 10 atom stereocenters. The SMILES string of the molecule is CO[C@H]1[C@H](C)[C@@H]2CC(=O)O[C@@H]3C[C@H]4CC[C@H](OC)C(=O)[C@]4(C)[C@@H]([C@@H]1OC(=O)c1ccc4c(c1)OCO4)[C@@]32C. The van der Waals surface area contributed by atoms with Gasteiger partial charge in [0.15, 0.2) is 17.3 Å². The third-order valence-corrected chi connectivity index (χ3v) is 10.6. The Morgan fingerprint density at radius 2 is 1.79 bits per heavy atom. The third kappa shape index (κ3) is 3.40. The lowest BCUT2D eigenvalue weighted by molar-refractivity contribution is -0.281. The molecule has 0 amide bonds. The molecule has 206 valence electrons. The molecule has 0 aromatic heterocycles. The van der Waals surface area contributed by atoms with Gasteiger partial charge >= 0.3 is 11.9 Å². The number of hydrogen-bond donors (Lipinski definition) is 0. The Morgan fingerprint density at radius 1 is 1.03 bits per heavy atom. The van der Waals surface area contributed by atoms with Crippen LogP contribution >= 0.6 is 0 Å². The average molecular weight is 529 g/mol. The number of ketones is 1. The first-order chi connectivity index (χ1) is 18.1. The molecule has 1 saturated heterocycles. The van der Waals surface area contributed by atoms with Crippen molar-refractivity contribution in [2.24, 2.45) is 34.5 Å². The standard InChI is InChI=1S/C29H36O9/c1-14-17-12-22(30)37-21-11-16-7-9-19(33-4)26(31)28(16,2)25(29(17,21)3)24(23(14)34-5)38-27(32)15-6-8-18-20(10-15)36-13-35-18/h6,8,10,14,16-17,19,21,23-25H,7,9,11-13H2,1-5H3/t14-,16-,17+,19+,21-,23+,24-,25-,28+,29-/m1/s1. The van der Waals surface area contributed by atoms with E-state index in [4.69, 9.17) is 28.4 Å². The van der Waals surface area contributed by atoms with E-state index in [1.807, 2.05) is 13.8 Å². The van der Waals surface area contributed by atoms with E-state index in [2.05, 4.69) is 6.92 Å². The molecule has 2 heterocycles. The maximum absolute atomic E-state index is 14.2. The largest absolute Gasteiger partial charge is 0.462 e. The first-order valence-electron chi connectivity index (χ1n) is 13.5. The number of carbonyl (C=O) groups excluding carboxylic acids is 3. The molecule has 9 nitrogen and oxygen atoms in total. The second kappa shape index (κ2) is 8.95. The van der Waals surface area contributed by atoms with E-state index in [9.17, 15) is 14.4 Å². The Morgan fingerprint density at radius 3 is 2.53 bits per heavy atom. The van der Waals surface area contributed by atoms with Crippen LogP contribution in [-0.4, -0.2) is 63.2 Å². The number of ether oxygens (including phenoxy) is 6. The minimum Gasteiger partial charge on any atom is -0.462 e. The fraction of sp³-hybridized carbons (Fsp3) is 0.690. The Kier molecular flexibility index (Phi) is 6.03. The zero-order chi connectivity index (χ0) is 27.0. The molecule has 38 heavy (non-hydrogen) atoms. The van der Waals surface area contributed by atoms with Crippen molar-refractivity contribution in [1.29, 1.82) is 0 Å². The van der Waals surface area contributed by atoms with Crippen molar-refractivity contribution >= 4 is 17.7 Å². The molecule has 4 fully saturated rings. The van der Waals surface area contributed by atoms with Crippen molar-refractivity contribution in [2.45, 2.75) is 70.9 Å². The van der Waals surface area contributed by atoms with Gasteiger partial charge < -0.3 is 28.4 Å². The van der Waals surface area contributed by atoms with Gasteiger partial charge in [-0.1, -0.05) is 20.8 Å². The summed E-state index contributed by atoms with van der Waals surface area (Å²) in [6, 6.07) is 4.96. The zero-order valence-corrected chi connectivity index (χ0v) is 22.6. The number of fused-ring (bicyclic) bond motifs is 3. The fourth-order valence-electron chi connectivity index (χ4n) is 8.80. The number of hydrogen-bond acceptors (Lipinski definition) is 9. The van der Waals surface area contributed by atoms with Crippen LogP contribution in [0.15, 0.2) is 18.2 Å². The normalized spacial score (nSPS) is 43.1. The summed E-state index contributed by atoms with van der Waals surface area (Å²) in [5.74, 6) is -0.298. The van der Waals surface area contributed by atoms with Crippen LogP contribution in [0.3, 0.4) is 0 Å². The molecule has 6 rings (SSSR count). The van der Waals surface area contributed by atoms with Crippen LogP contribution < -0.4 is 9.47 Å². The van der Waals surface area contributed by atoms with E-state index >= 15 is 0 Å². The molecule has 0 spiro atoms. The quantitative estimate of drug-likeness (QED) is 0.542. The Labute approximate surface area is 222 Å². The van der Waals surface area contributed by atoms with Crippen molar-refractivity contribution in [3.05, 3.63) is 23.8 Å². The molecule has 9 heteroatoms. The average Bonchev–Trinajstić information content (AvgIpc) is 3.36. The van der Waals surface area contributed by atoms with Crippen LogP contribution in [-0.2, 0) is 28.5 Å². The van der Waals surface area contributed by atoms with Gasteiger partial charge in [0.25, 0.3) is 0 Å². The summed E-state index contributed by atoms with van der Waals surface area (Å²) in [6.07, 6.45) is 0.116. The lowest BCUT2D eigenvalue weighted by Crippen LogP contribution is -2.74. The Hall–Kier alpha value is -2.65. The second-order valence-corrected chi connectivity index (χ2v) is 12.0. The lowest BCUT2D eigenvalue weighted by Gasteiger charge is -2.68. The molecule has 1 aromatic rings. The number of Topliss-reactive ketones (excluding diaryl/α,β-unsaturated/α-hetero) is 1. The maximum atomic E-state index is 14.2.